The Morgan fingerprint density at radius 3 is 2.79 bits per heavy atom. The lowest BCUT2D eigenvalue weighted by Gasteiger charge is -2.10. The van der Waals surface area contributed by atoms with Gasteiger partial charge in [-0.25, -0.2) is 0 Å². The molecule has 0 radical (unpaired) electrons. The molecule has 2 nitrogen and oxygen atoms in total. The van der Waals surface area contributed by atoms with Gasteiger partial charge in [0.1, 0.15) is 11.9 Å². The molecule has 0 amide bonds. The number of nitrogens with zero attached hydrogens (tertiary/aromatic N) is 1. The summed E-state index contributed by atoms with van der Waals surface area (Å²) >= 11 is 0. The predicted molar refractivity (Wildman–Crippen MR) is 77.3 cm³/mol. The van der Waals surface area contributed by atoms with Crippen LogP contribution in [0.2, 0.25) is 0 Å². The van der Waals surface area contributed by atoms with Crippen LogP contribution in [0.15, 0.2) is 18.2 Å². The van der Waals surface area contributed by atoms with Gasteiger partial charge >= 0.3 is 0 Å². The Morgan fingerprint density at radius 2 is 2.00 bits per heavy atom. The number of unbranched alkanes of at least 4 members (excludes halogenated alkanes) is 5. The summed E-state index contributed by atoms with van der Waals surface area (Å²) in [5.74, 6) is 0.981. The zero-order valence-corrected chi connectivity index (χ0v) is 11.8. The monoisotopic (exact) mass is 257 g/mol. The number of benzene rings is 1. The molecule has 1 atom stereocenters. The summed E-state index contributed by atoms with van der Waals surface area (Å²) in [6, 6.07) is 7.94. The van der Waals surface area contributed by atoms with Gasteiger partial charge in [0.05, 0.1) is 11.6 Å². The van der Waals surface area contributed by atoms with E-state index in [0.29, 0.717) is 6.10 Å². The Hall–Kier alpha value is -1.49. The van der Waals surface area contributed by atoms with E-state index < -0.39 is 0 Å². The van der Waals surface area contributed by atoms with Gasteiger partial charge in [0.15, 0.2) is 0 Å². The minimum atomic E-state index is 0.329. The molecule has 2 rings (SSSR count). The van der Waals surface area contributed by atoms with E-state index in [9.17, 15) is 0 Å². The largest absolute Gasteiger partial charge is 0.490 e. The fourth-order valence-electron chi connectivity index (χ4n) is 2.70. The predicted octanol–water partition coefficient (Wildman–Crippen LogP) is 4.61. The van der Waals surface area contributed by atoms with Crippen LogP contribution in [0.1, 0.15) is 63.0 Å². The lowest BCUT2D eigenvalue weighted by Crippen LogP contribution is -2.12. The first-order chi connectivity index (χ1) is 9.33. The molecule has 1 aromatic carbocycles. The highest BCUT2D eigenvalue weighted by Crippen LogP contribution is 2.31. The summed E-state index contributed by atoms with van der Waals surface area (Å²) in [7, 11) is 0. The normalized spacial score (nSPS) is 16.7. The van der Waals surface area contributed by atoms with Crippen LogP contribution in [0, 0.1) is 11.3 Å². The van der Waals surface area contributed by atoms with Gasteiger partial charge in [-0.1, -0.05) is 39.0 Å². The highest BCUT2D eigenvalue weighted by Gasteiger charge is 2.22. The van der Waals surface area contributed by atoms with E-state index in [2.05, 4.69) is 13.0 Å². The van der Waals surface area contributed by atoms with Gasteiger partial charge < -0.3 is 4.74 Å². The molecule has 0 saturated carbocycles. The van der Waals surface area contributed by atoms with Crippen molar-refractivity contribution in [3.63, 3.8) is 0 Å². The Kier molecular flexibility index (Phi) is 5.27. The summed E-state index contributed by atoms with van der Waals surface area (Å²) in [4.78, 5) is 0. The van der Waals surface area contributed by atoms with Gasteiger partial charge in [-0.15, -0.1) is 0 Å². The van der Waals surface area contributed by atoms with Crippen molar-refractivity contribution in [3.8, 4) is 11.8 Å². The fourth-order valence-corrected chi connectivity index (χ4v) is 2.70. The number of nitriles is 1. The second-order valence-electron chi connectivity index (χ2n) is 5.43. The molecular weight excluding hydrogens is 234 g/mol. The Labute approximate surface area is 116 Å². The zero-order valence-electron chi connectivity index (χ0n) is 11.8. The van der Waals surface area contributed by atoms with Crippen LogP contribution in [0.5, 0.6) is 5.75 Å². The molecule has 2 heteroatoms. The summed E-state index contributed by atoms with van der Waals surface area (Å²) in [5.41, 5.74) is 1.94. The van der Waals surface area contributed by atoms with Crippen molar-refractivity contribution in [3.05, 3.63) is 29.3 Å². The number of ether oxygens (including phenoxy) is 1. The van der Waals surface area contributed by atoms with Crippen LogP contribution in [-0.4, -0.2) is 6.10 Å². The van der Waals surface area contributed by atoms with E-state index in [1.54, 1.807) is 0 Å². The van der Waals surface area contributed by atoms with Crippen molar-refractivity contribution >= 4 is 0 Å². The fraction of sp³-hybridized carbons (Fsp3) is 0.588. The van der Waals surface area contributed by atoms with E-state index >= 15 is 0 Å². The molecule has 1 heterocycles. The second-order valence-corrected chi connectivity index (χ2v) is 5.43. The van der Waals surface area contributed by atoms with Crippen LogP contribution in [-0.2, 0) is 6.42 Å². The molecule has 1 aromatic rings. The van der Waals surface area contributed by atoms with Crippen LogP contribution in [0.25, 0.3) is 0 Å². The molecule has 1 unspecified atom stereocenters. The number of rotatable bonds is 7. The van der Waals surface area contributed by atoms with Gasteiger partial charge in [0.25, 0.3) is 0 Å². The van der Waals surface area contributed by atoms with E-state index in [1.165, 1.54) is 44.1 Å². The van der Waals surface area contributed by atoms with Crippen LogP contribution in [0.3, 0.4) is 0 Å². The van der Waals surface area contributed by atoms with Gasteiger partial charge in [-0.05, 0) is 36.6 Å². The maximum atomic E-state index is 8.89. The summed E-state index contributed by atoms with van der Waals surface area (Å²) in [6.07, 6.45) is 10.4. The molecule has 0 N–H and O–H groups in total. The first-order valence-corrected chi connectivity index (χ1v) is 7.53. The van der Waals surface area contributed by atoms with Gasteiger partial charge in [0.2, 0.25) is 0 Å². The van der Waals surface area contributed by atoms with Gasteiger partial charge in [-0.2, -0.15) is 5.26 Å². The Balaban J connectivity index is 1.70. The molecule has 0 aliphatic carbocycles. The summed E-state index contributed by atoms with van der Waals surface area (Å²) < 4.78 is 5.92. The van der Waals surface area contributed by atoms with E-state index in [1.807, 2.05) is 18.2 Å². The molecule has 0 bridgehead atoms. The lowest BCUT2D eigenvalue weighted by atomic mass is 10.0. The van der Waals surface area contributed by atoms with Crippen molar-refractivity contribution in [2.75, 3.05) is 0 Å². The third kappa shape index (κ3) is 3.99. The van der Waals surface area contributed by atoms with E-state index in [4.69, 9.17) is 10.00 Å². The molecule has 0 saturated heterocycles. The maximum Gasteiger partial charge on any atom is 0.123 e. The molecule has 0 fully saturated rings. The molecule has 1 aliphatic heterocycles. The number of fused-ring (bicyclic) bond motifs is 1. The first kappa shape index (κ1) is 13.9. The standard InChI is InChI=1S/C17H23NO/c1-2-3-4-5-6-7-8-16-12-15-11-14(13-18)9-10-17(15)19-16/h9-11,16H,2-8,12H2,1H3. The van der Waals surface area contributed by atoms with Gasteiger partial charge in [-0.3, -0.25) is 0 Å². The van der Waals surface area contributed by atoms with Crippen molar-refractivity contribution in [2.24, 2.45) is 0 Å². The van der Waals surface area contributed by atoms with Gasteiger partial charge in [0, 0.05) is 6.42 Å². The van der Waals surface area contributed by atoms with Crippen LogP contribution < -0.4 is 4.74 Å². The van der Waals surface area contributed by atoms with E-state index in [0.717, 1.165) is 24.2 Å². The molecule has 0 spiro atoms. The molecule has 0 aromatic heterocycles. The highest BCUT2D eigenvalue weighted by molar-refractivity contribution is 5.44. The average Bonchev–Trinajstić information content (AvgIpc) is 2.84. The van der Waals surface area contributed by atoms with Crippen molar-refractivity contribution in [1.82, 2.24) is 0 Å². The van der Waals surface area contributed by atoms with Crippen molar-refractivity contribution < 1.29 is 4.74 Å². The topological polar surface area (TPSA) is 33.0 Å². The Morgan fingerprint density at radius 1 is 1.21 bits per heavy atom. The summed E-state index contributed by atoms with van der Waals surface area (Å²) in [6.45, 7) is 2.25. The summed E-state index contributed by atoms with van der Waals surface area (Å²) in [5, 5.41) is 8.89. The minimum Gasteiger partial charge on any atom is -0.490 e. The third-order valence-electron chi connectivity index (χ3n) is 3.81. The molecule has 19 heavy (non-hydrogen) atoms. The maximum absolute atomic E-state index is 8.89. The van der Waals surface area contributed by atoms with Crippen molar-refractivity contribution in [1.29, 1.82) is 5.26 Å². The third-order valence-corrected chi connectivity index (χ3v) is 3.81. The number of hydrogen-bond acceptors (Lipinski definition) is 2. The molecule has 1 aliphatic rings. The van der Waals surface area contributed by atoms with Crippen LogP contribution in [0.4, 0.5) is 0 Å². The lowest BCUT2D eigenvalue weighted by molar-refractivity contribution is 0.216. The van der Waals surface area contributed by atoms with Crippen molar-refractivity contribution in [2.45, 2.75) is 64.4 Å². The average molecular weight is 257 g/mol. The SMILES string of the molecule is CCCCCCCCC1Cc2cc(C#N)ccc2O1. The smallest absolute Gasteiger partial charge is 0.123 e. The molecular formula is C17H23NO. The van der Waals surface area contributed by atoms with Crippen LogP contribution >= 0.6 is 0 Å². The first-order valence-electron chi connectivity index (χ1n) is 7.53. The Bertz CT molecular complexity index is 447. The quantitative estimate of drug-likeness (QED) is 0.668. The second kappa shape index (κ2) is 7.19. The molecule has 102 valence electrons. The highest BCUT2D eigenvalue weighted by atomic mass is 16.5. The zero-order chi connectivity index (χ0) is 13.5. The minimum absolute atomic E-state index is 0.329. The number of hydrogen-bond donors (Lipinski definition) is 0. The van der Waals surface area contributed by atoms with E-state index in [-0.39, 0.29) is 0 Å².